The van der Waals surface area contributed by atoms with Crippen molar-refractivity contribution in [3.8, 4) is 0 Å². The molecule has 1 unspecified atom stereocenters. The van der Waals surface area contributed by atoms with E-state index in [1.54, 1.807) is 19.1 Å². The predicted molar refractivity (Wildman–Crippen MR) is 98.2 cm³/mol. The summed E-state index contributed by atoms with van der Waals surface area (Å²) in [7, 11) is 0. The van der Waals surface area contributed by atoms with Gasteiger partial charge in [0.1, 0.15) is 0 Å². The number of amides is 1. The maximum absolute atomic E-state index is 12.3. The van der Waals surface area contributed by atoms with Crippen molar-refractivity contribution in [2.24, 2.45) is 0 Å². The van der Waals surface area contributed by atoms with E-state index in [9.17, 15) is 9.59 Å². The molecule has 1 aromatic rings. The molecule has 3 N–H and O–H groups in total. The number of rotatable bonds is 5. The van der Waals surface area contributed by atoms with Gasteiger partial charge in [0.2, 0.25) is 0 Å². The zero-order chi connectivity index (χ0) is 15.5. The number of benzene rings is 1. The topological polar surface area (TPSA) is 72.2 Å². The zero-order valence-electron chi connectivity index (χ0n) is 11.1. The number of hydrogen-bond donors (Lipinski definition) is 2. The highest BCUT2D eigenvalue weighted by atomic mass is 127. The van der Waals surface area contributed by atoms with Crippen LogP contribution >= 0.6 is 56.8 Å². The minimum atomic E-state index is -0.947. The van der Waals surface area contributed by atoms with Gasteiger partial charge in [-0.05, 0) is 70.7 Å². The van der Waals surface area contributed by atoms with Crippen LogP contribution in [0.2, 0.25) is 0 Å². The van der Waals surface area contributed by atoms with Gasteiger partial charge in [0.05, 0.1) is 17.1 Å². The minimum Gasteiger partial charge on any atom is -0.397 e. The Bertz CT molecular complexity index is 528. The van der Waals surface area contributed by atoms with Crippen LogP contribution in [0, 0.1) is 7.14 Å². The predicted octanol–water partition coefficient (Wildman–Crippen LogP) is 3.18. The summed E-state index contributed by atoms with van der Waals surface area (Å²) in [5.74, 6) is -0.625. The summed E-state index contributed by atoms with van der Waals surface area (Å²) in [6.07, 6.45) is 0.480. The Kier molecular flexibility index (Phi) is 6.52. The number of nitrogens with two attached hydrogens (primary N) is 1. The van der Waals surface area contributed by atoms with E-state index in [4.69, 9.17) is 17.3 Å². The van der Waals surface area contributed by atoms with Crippen molar-refractivity contribution in [1.82, 2.24) is 5.32 Å². The summed E-state index contributed by atoms with van der Waals surface area (Å²) in [4.78, 5) is 24.2. The van der Waals surface area contributed by atoms with Crippen molar-refractivity contribution in [1.29, 1.82) is 0 Å². The second kappa shape index (κ2) is 7.26. The van der Waals surface area contributed by atoms with Crippen molar-refractivity contribution >= 4 is 74.2 Å². The van der Waals surface area contributed by atoms with Crippen LogP contribution in [0.3, 0.4) is 0 Å². The van der Waals surface area contributed by atoms with Crippen LogP contribution in [0.1, 0.15) is 30.6 Å². The molecule has 0 saturated carbocycles. The van der Waals surface area contributed by atoms with Crippen LogP contribution < -0.4 is 11.1 Å². The standard InChI is InChI=1S/C13H15ClI2N2O2/c1-3-13(2,10(19)6-14)18-12(20)7-4-8(15)11(17)9(16)5-7/h4-5H,3,6,17H2,1-2H3,(H,18,20). The lowest BCUT2D eigenvalue weighted by Crippen LogP contribution is -2.52. The number of halogens is 3. The molecule has 110 valence electrons. The Labute approximate surface area is 150 Å². The number of nitrogen functional groups attached to an aromatic ring is 1. The first-order valence-electron chi connectivity index (χ1n) is 5.91. The van der Waals surface area contributed by atoms with Gasteiger partial charge >= 0.3 is 0 Å². The molecule has 0 aliphatic heterocycles. The largest absolute Gasteiger partial charge is 0.397 e. The number of nitrogens with one attached hydrogen (secondary N) is 1. The maximum atomic E-state index is 12.3. The average molecular weight is 521 g/mol. The third kappa shape index (κ3) is 3.97. The highest BCUT2D eigenvalue weighted by Gasteiger charge is 2.32. The molecule has 0 bridgehead atoms. The Hall–Kier alpha value is -0.0900. The highest BCUT2D eigenvalue weighted by molar-refractivity contribution is 14.1. The molecule has 0 aliphatic carbocycles. The van der Waals surface area contributed by atoms with Gasteiger partial charge in [0.15, 0.2) is 5.78 Å². The number of ketones is 1. The van der Waals surface area contributed by atoms with Crippen molar-refractivity contribution in [3.63, 3.8) is 0 Å². The Morgan fingerprint density at radius 2 is 1.85 bits per heavy atom. The van der Waals surface area contributed by atoms with E-state index in [2.05, 4.69) is 50.5 Å². The number of hydrogen-bond acceptors (Lipinski definition) is 3. The second-order valence-corrected chi connectivity index (χ2v) is 7.14. The molecule has 0 heterocycles. The quantitative estimate of drug-likeness (QED) is 0.356. The zero-order valence-corrected chi connectivity index (χ0v) is 16.2. The summed E-state index contributed by atoms with van der Waals surface area (Å²) in [5.41, 5.74) is 6.04. The van der Waals surface area contributed by atoms with Gasteiger partial charge in [-0.15, -0.1) is 11.6 Å². The Morgan fingerprint density at radius 1 is 1.35 bits per heavy atom. The van der Waals surface area contributed by atoms with Gasteiger partial charge in [-0.1, -0.05) is 6.92 Å². The molecule has 4 nitrogen and oxygen atoms in total. The number of anilines is 1. The average Bonchev–Trinajstić information content (AvgIpc) is 2.42. The maximum Gasteiger partial charge on any atom is 0.252 e. The first-order valence-corrected chi connectivity index (χ1v) is 8.60. The first-order chi connectivity index (χ1) is 9.25. The van der Waals surface area contributed by atoms with Gasteiger partial charge in [0, 0.05) is 12.7 Å². The van der Waals surface area contributed by atoms with Crippen molar-refractivity contribution in [2.45, 2.75) is 25.8 Å². The summed E-state index contributed by atoms with van der Waals surface area (Å²) < 4.78 is 1.61. The molecule has 0 saturated heterocycles. The van der Waals surface area contributed by atoms with Gasteiger partial charge in [0.25, 0.3) is 5.91 Å². The number of carbonyl (C=O) groups excluding carboxylic acids is 2. The molecule has 0 spiro atoms. The van der Waals surface area contributed by atoms with E-state index < -0.39 is 5.54 Å². The van der Waals surface area contributed by atoms with Gasteiger partial charge < -0.3 is 11.1 Å². The molecule has 7 heteroatoms. The fourth-order valence-electron chi connectivity index (χ4n) is 1.54. The summed E-state index contributed by atoms with van der Waals surface area (Å²) in [6, 6.07) is 3.41. The summed E-state index contributed by atoms with van der Waals surface area (Å²) in [6.45, 7) is 3.52. The lowest BCUT2D eigenvalue weighted by Gasteiger charge is -2.27. The van der Waals surface area contributed by atoms with E-state index in [1.165, 1.54) is 0 Å². The lowest BCUT2D eigenvalue weighted by molar-refractivity contribution is -0.122. The smallest absolute Gasteiger partial charge is 0.252 e. The molecule has 1 amide bonds. The van der Waals surface area contributed by atoms with Crippen LogP contribution in [-0.4, -0.2) is 23.1 Å². The minimum absolute atomic E-state index is 0.124. The van der Waals surface area contributed by atoms with E-state index >= 15 is 0 Å². The molecule has 20 heavy (non-hydrogen) atoms. The Balaban J connectivity index is 3.05. The first kappa shape index (κ1) is 18.0. The molecule has 1 atom stereocenters. The van der Waals surface area contributed by atoms with Crippen LogP contribution in [0.5, 0.6) is 0 Å². The van der Waals surface area contributed by atoms with Crippen LogP contribution in [0.4, 0.5) is 5.69 Å². The van der Waals surface area contributed by atoms with Crippen LogP contribution in [-0.2, 0) is 4.79 Å². The van der Waals surface area contributed by atoms with Gasteiger partial charge in [-0.3, -0.25) is 9.59 Å². The monoisotopic (exact) mass is 520 g/mol. The van der Waals surface area contributed by atoms with Crippen LogP contribution in [0.25, 0.3) is 0 Å². The fourth-order valence-corrected chi connectivity index (χ4v) is 3.60. The van der Waals surface area contributed by atoms with Crippen molar-refractivity contribution in [2.75, 3.05) is 11.6 Å². The van der Waals surface area contributed by atoms with E-state index in [1.807, 2.05) is 6.92 Å². The second-order valence-electron chi connectivity index (χ2n) is 4.55. The van der Waals surface area contributed by atoms with E-state index in [0.29, 0.717) is 17.7 Å². The fraction of sp³-hybridized carbons (Fsp3) is 0.385. The SMILES string of the molecule is CCC(C)(NC(=O)c1cc(I)c(N)c(I)c1)C(=O)CCl. The van der Waals surface area contributed by atoms with Gasteiger partial charge in [-0.2, -0.15) is 0 Å². The van der Waals surface area contributed by atoms with Crippen molar-refractivity contribution < 1.29 is 9.59 Å². The summed E-state index contributed by atoms with van der Waals surface area (Å²) in [5, 5.41) is 2.76. The third-order valence-corrected chi connectivity index (χ3v) is 5.20. The molecule has 0 aliphatic rings. The number of carbonyl (C=O) groups is 2. The molecular formula is C13H15ClI2N2O2. The molecular weight excluding hydrogens is 505 g/mol. The van der Waals surface area contributed by atoms with Crippen molar-refractivity contribution in [3.05, 3.63) is 24.8 Å². The molecule has 1 aromatic carbocycles. The lowest BCUT2D eigenvalue weighted by atomic mass is 9.93. The number of Topliss-reactive ketones (excluding diaryl/α,β-unsaturated/α-hetero) is 1. The molecule has 0 fully saturated rings. The third-order valence-electron chi connectivity index (χ3n) is 3.17. The normalized spacial score (nSPS) is 13.7. The molecule has 0 radical (unpaired) electrons. The summed E-state index contributed by atoms with van der Waals surface area (Å²) >= 11 is 9.75. The number of alkyl halides is 1. The Morgan fingerprint density at radius 3 is 2.25 bits per heavy atom. The molecule has 0 aromatic heterocycles. The molecule has 1 rings (SSSR count). The van der Waals surface area contributed by atoms with Crippen LogP contribution in [0.15, 0.2) is 12.1 Å². The highest BCUT2D eigenvalue weighted by Crippen LogP contribution is 2.24. The van der Waals surface area contributed by atoms with Gasteiger partial charge in [-0.25, -0.2) is 0 Å². The van der Waals surface area contributed by atoms with E-state index in [-0.39, 0.29) is 17.6 Å². The van der Waals surface area contributed by atoms with E-state index in [0.717, 1.165) is 7.14 Å².